The van der Waals surface area contributed by atoms with Crippen LogP contribution in [0.2, 0.25) is 0 Å². The maximum absolute atomic E-state index is 5.44. The maximum atomic E-state index is 5.44. The molecular formula is C12H20N2OS. The van der Waals surface area contributed by atoms with E-state index in [4.69, 9.17) is 4.74 Å². The van der Waals surface area contributed by atoms with Gasteiger partial charge in [-0.1, -0.05) is 0 Å². The number of rotatable bonds is 5. The molecule has 0 aromatic carbocycles. The molecule has 0 bridgehead atoms. The molecule has 0 saturated carbocycles. The van der Waals surface area contributed by atoms with Gasteiger partial charge in [0.25, 0.3) is 0 Å². The van der Waals surface area contributed by atoms with Gasteiger partial charge in [-0.05, 0) is 35.7 Å². The van der Waals surface area contributed by atoms with E-state index < -0.39 is 0 Å². The van der Waals surface area contributed by atoms with Crippen LogP contribution >= 0.6 is 11.3 Å². The predicted octanol–water partition coefficient (Wildman–Crippen LogP) is 1.60. The minimum Gasteiger partial charge on any atom is -0.379 e. The summed E-state index contributed by atoms with van der Waals surface area (Å²) in [4.78, 5) is 0. The van der Waals surface area contributed by atoms with Gasteiger partial charge in [-0.15, -0.1) is 0 Å². The lowest BCUT2D eigenvalue weighted by atomic mass is 10.1. The van der Waals surface area contributed by atoms with Crippen molar-refractivity contribution in [3.05, 3.63) is 22.4 Å². The van der Waals surface area contributed by atoms with Crippen LogP contribution in [0.1, 0.15) is 18.9 Å². The Morgan fingerprint density at radius 1 is 1.69 bits per heavy atom. The summed E-state index contributed by atoms with van der Waals surface area (Å²) < 4.78 is 5.44. The largest absolute Gasteiger partial charge is 0.379 e. The van der Waals surface area contributed by atoms with E-state index >= 15 is 0 Å². The van der Waals surface area contributed by atoms with Crippen molar-refractivity contribution in [3.63, 3.8) is 0 Å². The lowest BCUT2D eigenvalue weighted by molar-refractivity contribution is 0.0712. The third-order valence-electron chi connectivity index (χ3n) is 2.87. The molecule has 2 atom stereocenters. The minimum atomic E-state index is 0.513. The molecule has 1 aliphatic rings. The van der Waals surface area contributed by atoms with Crippen LogP contribution in [0.4, 0.5) is 0 Å². The third kappa shape index (κ3) is 3.87. The zero-order valence-electron chi connectivity index (χ0n) is 9.74. The van der Waals surface area contributed by atoms with Gasteiger partial charge >= 0.3 is 0 Å². The van der Waals surface area contributed by atoms with Crippen molar-refractivity contribution in [1.29, 1.82) is 0 Å². The molecule has 2 rings (SSSR count). The van der Waals surface area contributed by atoms with Crippen LogP contribution in [-0.2, 0) is 11.3 Å². The number of hydrogen-bond acceptors (Lipinski definition) is 4. The predicted molar refractivity (Wildman–Crippen MR) is 67.8 cm³/mol. The van der Waals surface area contributed by atoms with Gasteiger partial charge in [0.05, 0.1) is 13.2 Å². The summed E-state index contributed by atoms with van der Waals surface area (Å²) in [6.07, 6.45) is 1.13. The highest BCUT2D eigenvalue weighted by Gasteiger charge is 2.15. The fourth-order valence-corrected chi connectivity index (χ4v) is 2.64. The number of ether oxygens (including phenoxy) is 1. The molecule has 0 radical (unpaired) electrons. The fraction of sp³-hybridized carbons (Fsp3) is 0.667. The number of nitrogens with one attached hydrogen (secondary N) is 2. The molecule has 0 aliphatic carbocycles. The Hall–Kier alpha value is -0.420. The van der Waals surface area contributed by atoms with Crippen molar-refractivity contribution in [2.24, 2.45) is 0 Å². The molecule has 2 N–H and O–H groups in total. The summed E-state index contributed by atoms with van der Waals surface area (Å²) in [6, 6.07) is 3.21. The molecular weight excluding hydrogens is 220 g/mol. The molecule has 1 aliphatic heterocycles. The van der Waals surface area contributed by atoms with Crippen molar-refractivity contribution in [3.8, 4) is 0 Å². The first-order valence-electron chi connectivity index (χ1n) is 5.90. The average molecular weight is 240 g/mol. The molecule has 1 aromatic rings. The molecule has 16 heavy (non-hydrogen) atoms. The third-order valence-corrected chi connectivity index (χ3v) is 3.60. The van der Waals surface area contributed by atoms with Crippen molar-refractivity contribution in [2.45, 2.75) is 32.0 Å². The highest BCUT2D eigenvalue weighted by Crippen LogP contribution is 2.07. The van der Waals surface area contributed by atoms with Gasteiger partial charge in [0.1, 0.15) is 0 Å². The average Bonchev–Trinajstić information content (AvgIpc) is 2.81. The Morgan fingerprint density at radius 3 is 3.31 bits per heavy atom. The van der Waals surface area contributed by atoms with Gasteiger partial charge in [-0.2, -0.15) is 11.3 Å². The van der Waals surface area contributed by atoms with Gasteiger partial charge in [0.2, 0.25) is 0 Å². The van der Waals surface area contributed by atoms with Crippen LogP contribution in [0.3, 0.4) is 0 Å². The molecule has 2 heterocycles. The summed E-state index contributed by atoms with van der Waals surface area (Å²) in [5.74, 6) is 0. The van der Waals surface area contributed by atoms with E-state index in [2.05, 4.69) is 34.4 Å². The second kappa shape index (κ2) is 6.35. The first-order valence-corrected chi connectivity index (χ1v) is 6.84. The Balaban J connectivity index is 1.65. The number of morpholine rings is 1. The second-order valence-corrected chi connectivity index (χ2v) is 5.16. The molecule has 3 nitrogen and oxygen atoms in total. The van der Waals surface area contributed by atoms with E-state index in [0.717, 1.165) is 32.7 Å². The summed E-state index contributed by atoms with van der Waals surface area (Å²) in [7, 11) is 0. The normalized spacial score (nSPS) is 23.2. The molecule has 0 amide bonds. The Labute approximate surface area is 101 Å². The zero-order chi connectivity index (χ0) is 11.2. The number of hydrogen-bond donors (Lipinski definition) is 2. The highest BCUT2D eigenvalue weighted by atomic mass is 32.1. The van der Waals surface area contributed by atoms with Crippen molar-refractivity contribution in [2.75, 3.05) is 19.8 Å². The highest BCUT2D eigenvalue weighted by molar-refractivity contribution is 7.07. The first kappa shape index (κ1) is 12.0. The summed E-state index contributed by atoms with van der Waals surface area (Å²) in [5.41, 5.74) is 1.38. The van der Waals surface area contributed by atoms with Crippen LogP contribution in [0.5, 0.6) is 0 Å². The standard InChI is InChI=1S/C12H20N2OS/c1-10(6-12-8-15-4-3-13-12)14-7-11-2-5-16-9-11/h2,5,9-10,12-14H,3-4,6-8H2,1H3. The van der Waals surface area contributed by atoms with Gasteiger partial charge in [-0.3, -0.25) is 0 Å². The van der Waals surface area contributed by atoms with E-state index in [0.29, 0.717) is 12.1 Å². The molecule has 4 heteroatoms. The van der Waals surface area contributed by atoms with Gasteiger partial charge < -0.3 is 15.4 Å². The monoisotopic (exact) mass is 240 g/mol. The SMILES string of the molecule is CC(CC1COCCN1)NCc1ccsc1. The number of thiophene rings is 1. The Bertz CT molecular complexity index is 283. The fourth-order valence-electron chi connectivity index (χ4n) is 1.97. The molecule has 0 spiro atoms. The van der Waals surface area contributed by atoms with Crippen LogP contribution in [0.15, 0.2) is 16.8 Å². The molecule has 1 fully saturated rings. The van der Waals surface area contributed by atoms with Gasteiger partial charge in [0, 0.05) is 25.2 Å². The van der Waals surface area contributed by atoms with Gasteiger partial charge in [0.15, 0.2) is 0 Å². The van der Waals surface area contributed by atoms with Crippen LogP contribution in [-0.4, -0.2) is 31.8 Å². The first-order chi connectivity index (χ1) is 7.84. The van der Waals surface area contributed by atoms with Crippen molar-refractivity contribution < 1.29 is 4.74 Å². The minimum absolute atomic E-state index is 0.513. The van der Waals surface area contributed by atoms with Crippen molar-refractivity contribution in [1.82, 2.24) is 10.6 Å². The smallest absolute Gasteiger partial charge is 0.0620 e. The van der Waals surface area contributed by atoms with Crippen LogP contribution < -0.4 is 10.6 Å². The lowest BCUT2D eigenvalue weighted by Crippen LogP contribution is -2.44. The summed E-state index contributed by atoms with van der Waals surface area (Å²) >= 11 is 1.75. The van der Waals surface area contributed by atoms with Crippen molar-refractivity contribution >= 4 is 11.3 Å². The molecule has 1 aromatic heterocycles. The lowest BCUT2D eigenvalue weighted by Gasteiger charge is -2.26. The van der Waals surface area contributed by atoms with E-state index in [-0.39, 0.29) is 0 Å². The van der Waals surface area contributed by atoms with E-state index in [1.165, 1.54) is 5.56 Å². The van der Waals surface area contributed by atoms with Gasteiger partial charge in [-0.25, -0.2) is 0 Å². The van der Waals surface area contributed by atoms with E-state index in [1.807, 2.05) is 0 Å². The van der Waals surface area contributed by atoms with E-state index in [1.54, 1.807) is 11.3 Å². The summed E-state index contributed by atoms with van der Waals surface area (Å²) in [5, 5.41) is 11.3. The Morgan fingerprint density at radius 2 is 2.62 bits per heavy atom. The second-order valence-electron chi connectivity index (χ2n) is 4.38. The molecule has 2 unspecified atom stereocenters. The van der Waals surface area contributed by atoms with E-state index in [9.17, 15) is 0 Å². The van der Waals surface area contributed by atoms with Crippen LogP contribution in [0, 0.1) is 0 Å². The Kier molecular flexibility index (Phi) is 4.78. The molecule has 90 valence electrons. The summed E-state index contributed by atoms with van der Waals surface area (Å²) in [6.45, 7) is 5.90. The topological polar surface area (TPSA) is 33.3 Å². The molecule has 1 saturated heterocycles. The zero-order valence-corrected chi connectivity index (χ0v) is 10.6. The maximum Gasteiger partial charge on any atom is 0.0620 e. The van der Waals surface area contributed by atoms with Crippen LogP contribution in [0.25, 0.3) is 0 Å². The quantitative estimate of drug-likeness (QED) is 0.820.